The fraction of sp³-hybridized carbons (Fsp3) is 0.321. The van der Waals surface area contributed by atoms with Crippen molar-refractivity contribution in [1.29, 1.82) is 5.26 Å². The molecule has 4 atom stereocenters. The maximum atomic E-state index is 13.9. The summed E-state index contributed by atoms with van der Waals surface area (Å²) in [7, 11) is 0. The Labute approximate surface area is 218 Å². The monoisotopic (exact) mass is 520 g/mol. The lowest BCUT2D eigenvalue weighted by atomic mass is 9.67. The van der Waals surface area contributed by atoms with Crippen LogP contribution in [0.1, 0.15) is 31.7 Å². The number of ether oxygens (including phenoxy) is 2. The minimum Gasteiger partial charge on any atom is -0.493 e. The van der Waals surface area contributed by atoms with Gasteiger partial charge in [-0.25, -0.2) is 4.90 Å². The second kappa shape index (κ2) is 8.21. The highest BCUT2D eigenvalue weighted by atomic mass is 35.5. The Bertz CT molecular complexity index is 1480. The van der Waals surface area contributed by atoms with Crippen molar-refractivity contribution in [3.63, 3.8) is 0 Å². The van der Waals surface area contributed by atoms with E-state index in [1.165, 1.54) is 4.90 Å². The number of nitrogens with zero attached hydrogens (tertiary/aromatic N) is 2. The number of halogens is 2. The highest BCUT2D eigenvalue weighted by molar-refractivity contribution is 6.42. The van der Waals surface area contributed by atoms with E-state index in [0.29, 0.717) is 63.7 Å². The van der Waals surface area contributed by atoms with E-state index in [1.807, 2.05) is 31.2 Å². The van der Waals surface area contributed by atoms with Crippen LogP contribution >= 0.6 is 23.2 Å². The summed E-state index contributed by atoms with van der Waals surface area (Å²) in [6.45, 7) is 2.24. The average molecular weight is 521 g/mol. The molecule has 0 spiro atoms. The fourth-order valence-electron chi connectivity index (χ4n) is 6.33. The maximum Gasteiger partial charge on any atom is 0.240 e. The zero-order valence-electron chi connectivity index (χ0n) is 19.5. The third kappa shape index (κ3) is 3.27. The van der Waals surface area contributed by atoms with E-state index in [-0.39, 0.29) is 11.8 Å². The highest BCUT2D eigenvalue weighted by Crippen LogP contribution is 2.62. The normalized spacial score (nSPS) is 28.6. The van der Waals surface area contributed by atoms with Crippen LogP contribution in [0.3, 0.4) is 0 Å². The molecule has 3 saturated heterocycles. The first kappa shape index (κ1) is 23.3. The second-order valence-corrected chi connectivity index (χ2v) is 10.7. The van der Waals surface area contributed by atoms with Crippen LogP contribution in [0.4, 0.5) is 5.69 Å². The van der Waals surface area contributed by atoms with Gasteiger partial charge in [-0.05, 0) is 44.0 Å². The molecule has 6 nitrogen and oxygen atoms in total. The Morgan fingerprint density at radius 3 is 2.53 bits per heavy atom. The van der Waals surface area contributed by atoms with Gasteiger partial charge in [0.15, 0.2) is 0 Å². The number of benzene rings is 3. The Hall–Kier alpha value is -3.11. The smallest absolute Gasteiger partial charge is 0.240 e. The maximum absolute atomic E-state index is 13.9. The van der Waals surface area contributed by atoms with Crippen molar-refractivity contribution in [2.45, 2.75) is 37.4 Å². The number of carbonyl (C=O) groups excluding carboxylic acids is 2. The SMILES string of the molecule is C[C@@]12CC[C@@](CCOc3ccc(Cl)c(Cl)c3)(O1)[C@H]1C(=O)N(c3ccc(C#N)c4ccccc34)C(=O)[C@H]12. The number of anilines is 1. The molecule has 0 aliphatic carbocycles. The fourth-order valence-corrected chi connectivity index (χ4v) is 6.62. The molecular formula is C28H22Cl2N2O4. The van der Waals surface area contributed by atoms with Gasteiger partial charge < -0.3 is 9.47 Å². The Balaban J connectivity index is 1.32. The molecule has 3 aromatic carbocycles. The lowest BCUT2D eigenvalue weighted by Crippen LogP contribution is -2.43. The van der Waals surface area contributed by atoms with Gasteiger partial charge in [0.2, 0.25) is 11.8 Å². The molecule has 3 aliphatic heterocycles. The standard InChI is InChI=1S/C28H22Cl2N2O4/c1-27-10-11-28(36-27,12-13-35-17-7-8-20(29)21(30)14-17)24-23(27)25(33)32(26(24)34)22-9-6-16(15-31)18-4-2-3-5-19(18)22/h2-9,14,23-24H,10-13H2,1H3/t23-,24+,27-,28-/m0/s1. The van der Waals surface area contributed by atoms with Crippen molar-refractivity contribution < 1.29 is 19.1 Å². The first-order valence-electron chi connectivity index (χ1n) is 11.9. The van der Waals surface area contributed by atoms with Gasteiger partial charge >= 0.3 is 0 Å². The number of amides is 2. The molecule has 3 heterocycles. The molecule has 0 unspecified atom stereocenters. The summed E-state index contributed by atoms with van der Waals surface area (Å²) in [5.41, 5.74) is -0.475. The van der Waals surface area contributed by atoms with Crippen LogP contribution in [0.25, 0.3) is 10.8 Å². The first-order chi connectivity index (χ1) is 17.3. The van der Waals surface area contributed by atoms with E-state index < -0.39 is 23.0 Å². The summed E-state index contributed by atoms with van der Waals surface area (Å²) in [6, 6.07) is 18.0. The third-order valence-electron chi connectivity index (χ3n) is 7.96. The molecule has 6 rings (SSSR count). The molecule has 3 aliphatic rings. The average Bonchev–Trinajstić information content (AvgIpc) is 3.45. The van der Waals surface area contributed by atoms with Crippen molar-refractivity contribution >= 4 is 51.5 Å². The van der Waals surface area contributed by atoms with E-state index in [9.17, 15) is 14.9 Å². The highest BCUT2D eigenvalue weighted by Gasteiger charge is 2.73. The van der Waals surface area contributed by atoms with Crippen LogP contribution < -0.4 is 9.64 Å². The molecule has 36 heavy (non-hydrogen) atoms. The molecule has 2 amide bonds. The van der Waals surface area contributed by atoms with Crippen molar-refractivity contribution in [3.8, 4) is 11.8 Å². The van der Waals surface area contributed by atoms with E-state index in [2.05, 4.69) is 6.07 Å². The lowest BCUT2D eigenvalue weighted by Gasteiger charge is -2.31. The molecule has 3 fully saturated rings. The number of fused-ring (bicyclic) bond motifs is 6. The summed E-state index contributed by atoms with van der Waals surface area (Å²) in [4.78, 5) is 29.1. The molecule has 0 aromatic heterocycles. The molecule has 8 heteroatoms. The number of hydrogen-bond donors (Lipinski definition) is 0. The summed E-state index contributed by atoms with van der Waals surface area (Å²) >= 11 is 12.1. The van der Waals surface area contributed by atoms with Gasteiger partial charge in [0.05, 0.1) is 57.0 Å². The molecule has 0 N–H and O–H groups in total. The topological polar surface area (TPSA) is 79.6 Å². The largest absolute Gasteiger partial charge is 0.493 e. The van der Waals surface area contributed by atoms with E-state index in [0.717, 1.165) is 0 Å². The van der Waals surface area contributed by atoms with Gasteiger partial charge in [0, 0.05) is 23.3 Å². The summed E-state index contributed by atoms with van der Waals surface area (Å²) in [5.74, 6) is -1.06. The van der Waals surface area contributed by atoms with E-state index in [4.69, 9.17) is 32.7 Å². The minimum absolute atomic E-state index is 0.241. The molecule has 0 radical (unpaired) electrons. The van der Waals surface area contributed by atoms with Crippen LogP contribution in [0.2, 0.25) is 10.0 Å². The van der Waals surface area contributed by atoms with Gasteiger partial charge in [0.1, 0.15) is 5.75 Å². The predicted molar refractivity (Wildman–Crippen MR) is 136 cm³/mol. The molecule has 0 saturated carbocycles. The van der Waals surface area contributed by atoms with Crippen LogP contribution in [-0.2, 0) is 14.3 Å². The number of rotatable bonds is 5. The van der Waals surface area contributed by atoms with Crippen molar-refractivity contribution in [2.75, 3.05) is 11.5 Å². The quantitative estimate of drug-likeness (QED) is 0.390. The summed E-state index contributed by atoms with van der Waals surface area (Å²) in [6.07, 6.45) is 1.84. The summed E-state index contributed by atoms with van der Waals surface area (Å²) < 4.78 is 12.4. The number of nitriles is 1. The Kier molecular flexibility index (Phi) is 5.31. The van der Waals surface area contributed by atoms with Crippen LogP contribution in [0, 0.1) is 23.2 Å². The van der Waals surface area contributed by atoms with Crippen molar-refractivity contribution in [1.82, 2.24) is 0 Å². The zero-order valence-corrected chi connectivity index (χ0v) is 21.0. The summed E-state index contributed by atoms with van der Waals surface area (Å²) in [5, 5.41) is 11.8. The first-order valence-corrected chi connectivity index (χ1v) is 12.6. The molecule has 182 valence electrons. The van der Waals surface area contributed by atoms with E-state index >= 15 is 0 Å². The van der Waals surface area contributed by atoms with Gasteiger partial charge in [-0.15, -0.1) is 0 Å². The van der Waals surface area contributed by atoms with Gasteiger partial charge in [-0.3, -0.25) is 9.59 Å². The number of hydrogen-bond acceptors (Lipinski definition) is 5. The second-order valence-electron chi connectivity index (χ2n) is 9.91. The molecule has 2 bridgehead atoms. The third-order valence-corrected chi connectivity index (χ3v) is 8.70. The molecule has 3 aromatic rings. The molecular weight excluding hydrogens is 499 g/mol. The lowest BCUT2D eigenvalue weighted by molar-refractivity contribution is -0.131. The Morgan fingerprint density at radius 1 is 1.03 bits per heavy atom. The van der Waals surface area contributed by atoms with E-state index in [1.54, 1.807) is 30.3 Å². The van der Waals surface area contributed by atoms with Crippen molar-refractivity contribution in [2.24, 2.45) is 11.8 Å². The Morgan fingerprint density at radius 2 is 1.78 bits per heavy atom. The van der Waals surface area contributed by atoms with Gasteiger partial charge in [0.25, 0.3) is 0 Å². The van der Waals surface area contributed by atoms with Crippen LogP contribution in [0.15, 0.2) is 54.6 Å². The number of carbonyl (C=O) groups is 2. The predicted octanol–water partition coefficient (Wildman–Crippen LogP) is 5.91. The minimum atomic E-state index is -0.778. The van der Waals surface area contributed by atoms with Crippen LogP contribution in [0.5, 0.6) is 5.75 Å². The zero-order chi connectivity index (χ0) is 25.2. The van der Waals surface area contributed by atoms with Crippen LogP contribution in [-0.4, -0.2) is 29.6 Å². The van der Waals surface area contributed by atoms with Crippen molar-refractivity contribution in [3.05, 3.63) is 70.2 Å². The van der Waals surface area contributed by atoms with Gasteiger partial charge in [-0.1, -0.05) is 47.5 Å². The number of imide groups is 1. The van der Waals surface area contributed by atoms with Gasteiger partial charge in [-0.2, -0.15) is 5.26 Å².